The number of carbonyl (C=O) groups is 1. The molecule has 3 aromatic rings. The largest absolute Gasteiger partial charge is 0.415 e. The van der Waals surface area contributed by atoms with Gasteiger partial charge >= 0.3 is 0 Å². The topological polar surface area (TPSA) is 139 Å². The molecular formula is C24H27ClF3N5O5S2. The Morgan fingerprint density at radius 2 is 1.95 bits per heavy atom. The fourth-order valence-electron chi connectivity index (χ4n) is 3.81. The lowest BCUT2D eigenvalue weighted by Gasteiger charge is -2.31. The van der Waals surface area contributed by atoms with Crippen molar-refractivity contribution in [3.63, 3.8) is 0 Å². The Morgan fingerprint density at radius 1 is 1.30 bits per heavy atom. The third-order valence-corrected chi connectivity index (χ3v) is 9.35. The molecule has 0 spiro atoms. The highest BCUT2D eigenvalue weighted by Gasteiger charge is 2.38. The molecule has 10 nitrogen and oxygen atoms in total. The highest BCUT2D eigenvalue weighted by molar-refractivity contribution is 7.89. The Labute approximate surface area is 237 Å². The molecule has 218 valence electrons. The number of aromatic nitrogens is 3. The van der Waals surface area contributed by atoms with E-state index in [4.69, 9.17) is 16.0 Å². The molecule has 2 aromatic heterocycles. The Hall–Kier alpha value is -2.59. The van der Waals surface area contributed by atoms with Crippen molar-refractivity contribution in [3.05, 3.63) is 34.6 Å². The van der Waals surface area contributed by atoms with Crippen molar-refractivity contribution >= 4 is 38.9 Å². The van der Waals surface area contributed by atoms with Gasteiger partial charge in [-0.25, -0.2) is 31.3 Å². The van der Waals surface area contributed by atoms with E-state index in [9.17, 15) is 27.1 Å². The normalized spacial score (nSPS) is 16.8. The van der Waals surface area contributed by atoms with Crippen LogP contribution in [0.5, 0.6) is 0 Å². The summed E-state index contributed by atoms with van der Waals surface area (Å²) in [4.78, 5) is 18.3. The van der Waals surface area contributed by atoms with Crippen LogP contribution >= 0.6 is 22.9 Å². The molecule has 0 radical (unpaired) electrons. The van der Waals surface area contributed by atoms with Crippen LogP contribution in [0.2, 0.25) is 5.02 Å². The average molecular weight is 622 g/mol. The van der Waals surface area contributed by atoms with E-state index in [-0.39, 0.29) is 46.0 Å². The zero-order chi connectivity index (χ0) is 29.6. The van der Waals surface area contributed by atoms with E-state index in [1.807, 2.05) is 0 Å². The van der Waals surface area contributed by atoms with Gasteiger partial charge in [0.25, 0.3) is 17.7 Å². The van der Waals surface area contributed by atoms with Crippen LogP contribution in [0, 0.1) is 5.82 Å². The van der Waals surface area contributed by atoms with Gasteiger partial charge < -0.3 is 14.4 Å². The Bertz CT molecular complexity index is 1530. The first-order valence-electron chi connectivity index (χ1n) is 12.3. The van der Waals surface area contributed by atoms with Crippen LogP contribution in [0.1, 0.15) is 63.3 Å². The maximum absolute atomic E-state index is 15.4. The summed E-state index contributed by atoms with van der Waals surface area (Å²) < 4.78 is 76.2. The van der Waals surface area contributed by atoms with Gasteiger partial charge in [-0.15, -0.1) is 21.5 Å². The van der Waals surface area contributed by atoms with Crippen molar-refractivity contribution in [2.24, 2.45) is 0 Å². The molecule has 1 saturated heterocycles. The second-order valence-corrected chi connectivity index (χ2v) is 13.0. The lowest BCUT2D eigenvalue weighted by molar-refractivity contribution is -0.0494. The summed E-state index contributed by atoms with van der Waals surface area (Å²) >= 11 is 7.16. The molecule has 1 amide bonds. The number of likely N-dealkylation sites (tertiary alicyclic amines) is 1. The van der Waals surface area contributed by atoms with E-state index in [0.717, 1.165) is 17.4 Å². The van der Waals surface area contributed by atoms with Gasteiger partial charge in [0.05, 0.1) is 9.90 Å². The predicted molar refractivity (Wildman–Crippen MR) is 141 cm³/mol. The lowest BCUT2D eigenvalue weighted by atomic mass is 10.1. The van der Waals surface area contributed by atoms with Gasteiger partial charge in [-0.2, -0.15) is 0 Å². The molecule has 1 atom stereocenters. The number of amides is 1. The molecule has 0 saturated carbocycles. The molecule has 4 rings (SSSR count). The molecular weight excluding hydrogens is 595 g/mol. The monoisotopic (exact) mass is 621 g/mol. The number of hydrogen-bond acceptors (Lipinski definition) is 9. The molecule has 0 bridgehead atoms. The van der Waals surface area contributed by atoms with Crippen LogP contribution in [0.4, 0.5) is 13.2 Å². The molecule has 2 N–H and O–H groups in total. The predicted octanol–water partition coefficient (Wildman–Crippen LogP) is 4.83. The first-order valence-corrected chi connectivity index (χ1v) is 15.0. The summed E-state index contributed by atoms with van der Waals surface area (Å²) in [5.41, 5.74) is -1.75. The molecule has 1 aliphatic rings. The number of aliphatic hydroxyl groups is 1. The summed E-state index contributed by atoms with van der Waals surface area (Å²) in [6.45, 7) is 5.76. The van der Waals surface area contributed by atoms with Gasteiger partial charge in [-0.05, 0) is 33.3 Å². The Morgan fingerprint density at radius 3 is 2.52 bits per heavy atom. The summed E-state index contributed by atoms with van der Waals surface area (Å²) in [6.07, 6.45) is -0.599. The van der Waals surface area contributed by atoms with Gasteiger partial charge in [0.2, 0.25) is 15.9 Å². The van der Waals surface area contributed by atoms with E-state index < -0.39 is 62.1 Å². The minimum absolute atomic E-state index is 0.0234. The van der Waals surface area contributed by atoms with E-state index in [0.29, 0.717) is 6.42 Å². The van der Waals surface area contributed by atoms with Gasteiger partial charge in [0, 0.05) is 37.5 Å². The average Bonchev–Trinajstić information content (AvgIpc) is 3.52. The number of benzene rings is 1. The van der Waals surface area contributed by atoms with Crippen LogP contribution in [-0.4, -0.2) is 64.6 Å². The second kappa shape index (κ2) is 11.0. The van der Waals surface area contributed by atoms with Crippen LogP contribution in [0.15, 0.2) is 21.4 Å². The summed E-state index contributed by atoms with van der Waals surface area (Å²) in [5, 5.41) is 17.3. The summed E-state index contributed by atoms with van der Waals surface area (Å²) in [5.74, 6) is -5.12. The number of nitrogens with zero attached hydrogens (tertiary/aromatic N) is 4. The number of piperidine rings is 1. The maximum atomic E-state index is 15.4. The number of sulfonamides is 1. The van der Waals surface area contributed by atoms with E-state index in [2.05, 4.69) is 19.9 Å². The molecule has 0 aliphatic carbocycles. The molecule has 0 unspecified atom stereocenters. The fraction of sp³-hybridized carbons (Fsp3) is 0.500. The van der Waals surface area contributed by atoms with Crippen LogP contribution in [0.3, 0.4) is 0 Å². The van der Waals surface area contributed by atoms with Gasteiger partial charge in [-0.3, -0.25) is 4.79 Å². The summed E-state index contributed by atoms with van der Waals surface area (Å²) in [6, 6.07) is 1.80. The van der Waals surface area contributed by atoms with E-state index in [1.54, 1.807) is 13.8 Å². The number of carbonyl (C=O) groups excluding carboxylic acids is 1. The Balaban J connectivity index is 1.81. The van der Waals surface area contributed by atoms with Crippen molar-refractivity contribution in [1.82, 2.24) is 24.8 Å². The van der Waals surface area contributed by atoms with Crippen LogP contribution in [-0.2, 0) is 15.6 Å². The standard InChI is InChI=1S/C24H27ClF3N5O5S2/c1-5-12(2)32-40(36,37)14-7-6-13(15(25)16(14)26)18-17(21(34)33-10-8-24(27,28)9-11-33)29-20(39-18)19-30-31-22(38-19)23(3,4)35/h6-7,12,32,35H,5,8-11H2,1-4H3/t12-/m1/s1. The number of halogens is 4. The van der Waals surface area contributed by atoms with Gasteiger partial charge in [-0.1, -0.05) is 24.6 Å². The minimum atomic E-state index is -4.25. The number of alkyl halides is 2. The van der Waals surface area contributed by atoms with Gasteiger partial charge in [0.15, 0.2) is 10.8 Å². The lowest BCUT2D eigenvalue weighted by Crippen LogP contribution is -2.43. The molecule has 1 fully saturated rings. The second-order valence-electron chi connectivity index (χ2n) is 9.99. The number of rotatable bonds is 8. The third kappa shape index (κ3) is 6.17. The highest BCUT2D eigenvalue weighted by atomic mass is 35.5. The Kier molecular flexibility index (Phi) is 8.36. The molecule has 1 aliphatic heterocycles. The van der Waals surface area contributed by atoms with Crippen molar-refractivity contribution in [1.29, 1.82) is 0 Å². The molecule has 1 aromatic carbocycles. The van der Waals surface area contributed by atoms with Crippen molar-refractivity contribution < 1.29 is 35.9 Å². The van der Waals surface area contributed by atoms with Crippen LogP contribution < -0.4 is 4.72 Å². The first-order chi connectivity index (χ1) is 18.5. The van der Waals surface area contributed by atoms with Crippen molar-refractivity contribution in [2.45, 2.75) is 69.4 Å². The smallest absolute Gasteiger partial charge is 0.276 e. The molecule has 3 heterocycles. The van der Waals surface area contributed by atoms with E-state index in [1.165, 1.54) is 24.8 Å². The first kappa shape index (κ1) is 30.4. The molecule has 40 heavy (non-hydrogen) atoms. The minimum Gasteiger partial charge on any atom is -0.415 e. The summed E-state index contributed by atoms with van der Waals surface area (Å²) in [7, 11) is -4.25. The zero-order valence-corrected chi connectivity index (χ0v) is 24.4. The van der Waals surface area contributed by atoms with E-state index >= 15 is 4.39 Å². The number of hydrogen-bond donors (Lipinski definition) is 2. The zero-order valence-electron chi connectivity index (χ0n) is 22.0. The van der Waals surface area contributed by atoms with Crippen LogP contribution in [0.25, 0.3) is 21.3 Å². The quantitative estimate of drug-likeness (QED) is 0.365. The van der Waals surface area contributed by atoms with Crippen molar-refractivity contribution in [3.8, 4) is 21.3 Å². The molecule has 16 heteroatoms. The SMILES string of the molecule is CC[C@@H](C)NS(=O)(=O)c1ccc(-c2sc(-c3nnc(C(C)(C)O)o3)nc2C(=O)N2CCC(F)(F)CC2)c(Cl)c1F. The number of thiazole rings is 1. The van der Waals surface area contributed by atoms with Crippen molar-refractivity contribution in [2.75, 3.05) is 13.1 Å². The maximum Gasteiger partial charge on any atom is 0.276 e. The number of nitrogens with one attached hydrogen (secondary N) is 1. The fourth-order valence-corrected chi connectivity index (χ4v) is 6.60. The van der Waals surface area contributed by atoms with Gasteiger partial charge in [0.1, 0.15) is 16.2 Å². The third-order valence-electron chi connectivity index (χ3n) is 6.29. The highest BCUT2D eigenvalue weighted by Crippen LogP contribution is 2.42.